The molecule has 7 heteroatoms. The smallest absolute Gasteiger partial charge is 0.267 e. The summed E-state index contributed by atoms with van der Waals surface area (Å²) in [6.45, 7) is 9.32. The highest BCUT2D eigenvalue weighted by atomic mass is 16.5. The van der Waals surface area contributed by atoms with Gasteiger partial charge in [0, 0.05) is 24.6 Å². The highest BCUT2D eigenvalue weighted by Gasteiger charge is 2.26. The Morgan fingerprint density at radius 3 is 2.47 bits per heavy atom. The maximum absolute atomic E-state index is 12.6. The van der Waals surface area contributed by atoms with E-state index in [-0.39, 0.29) is 29.5 Å². The maximum atomic E-state index is 12.6. The van der Waals surface area contributed by atoms with Crippen molar-refractivity contribution in [1.82, 2.24) is 14.7 Å². The molecule has 7 nitrogen and oxygen atoms in total. The van der Waals surface area contributed by atoms with Crippen LogP contribution in [0, 0.1) is 6.92 Å². The van der Waals surface area contributed by atoms with E-state index < -0.39 is 0 Å². The lowest BCUT2D eigenvalue weighted by Gasteiger charge is -2.32. The molecule has 0 saturated carbocycles. The van der Waals surface area contributed by atoms with Gasteiger partial charge in [0.1, 0.15) is 0 Å². The first kappa shape index (κ1) is 21.9. The summed E-state index contributed by atoms with van der Waals surface area (Å²) in [6, 6.07) is 9.00. The second-order valence-electron chi connectivity index (χ2n) is 8.81. The lowest BCUT2D eigenvalue weighted by atomic mass is 9.92. The quantitative estimate of drug-likeness (QED) is 0.753. The summed E-state index contributed by atoms with van der Waals surface area (Å²) in [5.74, 6) is 1.10. The van der Waals surface area contributed by atoms with Crippen LogP contribution in [0.1, 0.15) is 50.9 Å². The van der Waals surface area contributed by atoms with Crippen LogP contribution in [-0.4, -0.2) is 47.4 Å². The molecule has 0 spiro atoms. The summed E-state index contributed by atoms with van der Waals surface area (Å²) in [6.07, 6.45) is 1.39. The van der Waals surface area contributed by atoms with Gasteiger partial charge in [0.25, 0.3) is 11.5 Å². The standard InChI is InChI=1S/C23H31N3O4/c1-16-6-7-18(19(14-16)29-5)30-15-22(28)25-12-10-17(11-13-25)26-21(27)9-8-20(24-26)23(2,3)4/h6-9,14,17H,10-13,15H2,1-5H3. The Bertz CT molecular complexity index is 954. The van der Waals surface area contributed by atoms with Crippen molar-refractivity contribution in [3.63, 3.8) is 0 Å². The van der Waals surface area contributed by atoms with Gasteiger partial charge in [-0.2, -0.15) is 5.10 Å². The highest BCUT2D eigenvalue weighted by Crippen LogP contribution is 2.28. The van der Waals surface area contributed by atoms with Gasteiger partial charge < -0.3 is 14.4 Å². The van der Waals surface area contributed by atoms with Gasteiger partial charge in [-0.3, -0.25) is 9.59 Å². The van der Waals surface area contributed by atoms with Crippen molar-refractivity contribution in [3.8, 4) is 11.5 Å². The molecule has 1 aromatic heterocycles. The fraction of sp³-hybridized carbons (Fsp3) is 0.522. The van der Waals surface area contributed by atoms with Crippen molar-refractivity contribution in [3.05, 3.63) is 51.9 Å². The van der Waals surface area contributed by atoms with E-state index in [9.17, 15) is 9.59 Å². The molecule has 1 saturated heterocycles. The minimum absolute atomic E-state index is 0.00182. The number of methoxy groups -OCH3 is 1. The van der Waals surface area contributed by atoms with E-state index in [0.29, 0.717) is 37.4 Å². The van der Waals surface area contributed by atoms with Crippen LogP contribution in [0.15, 0.2) is 35.1 Å². The summed E-state index contributed by atoms with van der Waals surface area (Å²) in [5, 5.41) is 4.60. The average molecular weight is 414 g/mol. The molecule has 0 aliphatic carbocycles. The predicted molar refractivity (Wildman–Crippen MR) is 115 cm³/mol. The average Bonchev–Trinajstić information content (AvgIpc) is 2.72. The summed E-state index contributed by atoms with van der Waals surface area (Å²) >= 11 is 0. The van der Waals surface area contributed by atoms with Crippen molar-refractivity contribution in [2.45, 2.75) is 52.0 Å². The normalized spacial score (nSPS) is 15.2. The molecule has 0 unspecified atom stereocenters. The molecular formula is C23H31N3O4. The molecule has 2 aromatic rings. The van der Waals surface area contributed by atoms with E-state index in [2.05, 4.69) is 25.9 Å². The highest BCUT2D eigenvalue weighted by molar-refractivity contribution is 5.78. The van der Waals surface area contributed by atoms with Crippen molar-refractivity contribution in [1.29, 1.82) is 0 Å². The number of amides is 1. The van der Waals surface area contributed by atoms with Gasteiger partial charge in [-0.1, -0.05) is 26.8 Å². The zero-order valence-corrected chi connectivity index (χ0v) is 18.5. The minimum Gasteiger partial charge on any atom is -0.493 e. The van der Waals surface area contributed by atoms with Crippen LogP contribution in [-0.2, 0) is 10.2 Å². The first-order chi connectivity index (χ1) is 14.2. The third-order valence-corrected chi connectivity index (χ3v) is 5.43. The Morgan fingerprint density at radius 2 is 1.83 bits per heavy atom. The van der Waals surface area contributed by atoms with E-state index in [1.54, 1.807) is 28.8 Å². The topological polar surface area (TPSA) is 73.7 Å². The molecule has 0 radical (unpaired) electrons. The van der Waals surface area contributed by atoms with Crippen molar-refractivity contribution in [2.75, 3.05) is 26.8 Å². The third kappa shape index (κ3) is 5.01. The zero-order chi connectivity index (χ0) is 21.9. The van der Waals surface area contributed by atoms with Gasteiger partial charge >= 0.3 is 0 Å². The van der Waals surface area contributed by atoms with Gasteiger partial charge in [-0.25, -0.2) is 4.68 Å². The Hall–Kier alpha value is -2.83. The van der Waals surface area contributed by atoms with Crippen LogP contribution >= 0.6 is 0 Å². The number of carbonyl (C=O) groups is 1. The Morgan fingerprint density at radius 1 is 1.13 bits per heavy atom. The fourth-order valence-electron chi connectivity index (χ4n) is 3.57. The molecule has 1 aromatic carbocycles. The number of hydrogen-bond donors (Lipinski definition) is 0. The number of ether oxygens (including phenoxy) is 2. The lowest BCUT2D eigenvalue weighted by Crippen LogP contribution is -2.43. The molecule has 1 aliphatic rings. The number of rotatable bonds is 5. The molecule has 0 bridgehead atoms. The van der Waals surface area contributed by atoms with Gasteiger partial charge in [-0.05, 0) is 43.5 Å². The first-order valence-electron chi connectivity index (χ1n) is 10.3. The van der Waals surface area contributed by atoms with E-state index in [1.807, 2.05) is 25.1 Å². The van der Waals surface area contributed by atoms with Crippen LogP contribution in [0.3, 0.4) is 0 Å². The monoisotopic (exact) mass is 413 g/mol. The van der Waals surface area contributed by atoms with Crippen LogP contribution in [0.5, 0.6) is 11.5 Å². The summed E-state index contributed by atoms with van der Waals surface area (Å²) in [7, 11) is 1.58. The van der Waals surface area contributed by atoms with Gasteiger partial charge in [0.05, 0.1) is 18.8 Å². The SMILES string of the molecule is COc1cc(C)ccc1OCC(=O)N1CCC(n2nc(C(C)(C)C)ccc2=O)CC1. The fourth-order valence-corrected chi connectivity index (χ4v) is 3.57. The Balaban J connectivity index is 1.59. The number of nitrogens with zero attached hydrogens (tertiary/aromatic N) is 3. The first-order valence-corrected chi connectivity index (χ1v) is 10.3. The number of likely N-dealkylation sites (tertiary alicyclic amines) is 1. The molecule has 1 amide bonds. The number of piperidine rings is 1. The van der Waals surface area contributed by atoms with Gasteiger partial charge in [0.2, 0.25) is 0 Å². The van der Waals surface area contributed by atoms with Gasteiger partial charge in [0.15, 0.2) is 18.1 Å². The van der Waals surface area contributed by atoms with E-state index in [4.69, 9.17) is 9.47 Å². The molecule has 0 atom stereocenters. The Kier molecular flexibility index (Phi) is 6.48. The van der Waals surface area contributed by atoms with Crippen molar-refractivity contribution in [2.24, 2.45) is 0 Å². The lowest BCUT2D eigenvalue weighted by molar-refractivity contribution is -0.134. The molecule has 30 heavy (non-hydrogen) atoms. The van der Waals surface area contributed by atoms with E-state index in [0.717, 1.165) is 11.3 Å². The number of benzene rings is 1. The minimum atomic E-state index is -0.125. The predicted octanol–water partition coefficient (Wildman–Crippen LogP) is 3.10. The molecule has 0 N–H and O–H groups in total. The number of aryl methyl sites for hydroxylation is 1. The van der Waals surface area contributed by atoms with Crippen LogP contribution in [0.25, 0.3) is 0 Å². The van der Waals surface area contributed by atoms with E-state index in [1.165, 1.54) is 0 Å². The largest absolute Gasteiger partial charge is 0.493 e. The number of hydrogen-bond acceptors (Lipinski definition) is 5. The zero-order valence-electron chi connectivity index (χ0n) is 18.5. The van der Waals surface area contributed by atoms with Crippen molar-refractivity contribution < 1.29 is 14.3 Å². The molecule has 1 fully saturated rings. The molecule has 162 valence electrons. The number of aromatic nitrogens is 2. The van der Waals surface area contributed by atoms with Crippen LogP contribution < -0.4 is 15.0 Å². The van der Waals surface area contributed by atoms with Crippen LogP contribution in [0.2, 0.25) is 0 Å². The summed E-state index contributed by atoms with van der Waals surface area (Å²) in [5.41, 5.74) is 1.73. The molecule has 2 heterocycles. The number of carbonyl (C=O) groups excluding carboxylic acids is 1. The van der Waals surface area contributed by atoms with Crippen molar-refractivity contribution >= 4 is 5.91 Å². The molecule has 1 aliphatic heterocycles. The summed E-state index contributed by atoms with van der Waals surface area (Å²) in [4.78, 5) is 26.7. The second-order valence-corrected chi connectivity index (χ2v) is 8.81. The summed E-state index contributed by atoms with van der Waals surface area (Å²) < 4.78 is 12.6. The van der Waals surface area contributed by atoms with Gasteiger partial charge in [-0.15, -0.1) is 0 Å². The maximum Gasteiger partial charge on any atom is 0.267 e. The molecular weight excluding hydrogens is 382 g/mol. The third-order valence-electron chi connectivity index (χ3n) is 5.43. The Labute approximate surface area is 177 Å². The van der Waals surface area contributed by atoms with Crippen LogP contribution in [0.4, 0.5) is 0 Å². The second kappa shape index (κ2) is 8.90. The molecule has 3 rings (SSSR count). The van der Waals surface area contributed by atoms with E-state index >= 15 is 0 Å².